The number of benzene rings is 1. The molecule has 230 valence electrons. The van der Waals surface area contributed by atoms with E-state index in [9.17, 15) is 14.4 Å². The normalized spacial score (nSPS) is 20.5. The first-order chi connectivity index (χ1) is 20.4. The van der Waals surface area contributed by atoms with Crippen molar-refractivity contribution in [3.63, 3.8) is 0 Å². The molecule has 2 aliphatic rings. The topological polar surface area (TPSA) is 129 Å². The first-order valence-corrected chi connectivity index (χ1v) is 14.9. The van der Waals surface area contributed by atoms with Gasteiger partial charge in [-0.2, -0.15) is 0 Å². The number of hydrogen-bond donors (Lipinski definition) is 2. The quantitative estimate of drug-likeness (QED) is 0.288. The van der Waals surface area contributed by atoms with Gasteiger partial charge >= 0.3 is 0 Å². The second-order valence-electron chi connectivity index (χ2n) is 10.5. The van der Waals surface area contributed by atoms with Crippen LogP contribution in [0.3, 0.4) is 0 Å². The Morgan fingerprint density at radius 3 is 2.64 bits per heavy atom. The highest BCUT2D eigenvalue weighted by Crippen LogP contribution is 2.42. The van der Waals surface area contributed by atoms with Gasteiger partial charge in [-0.25, -0.2) is 0 Å². The zero-order valence-electron chi connectivity index (χ0n) is 24.6. The molecule has 2 aliphatic heterocycles. The number of carbonyl (C=O) groups is 3. The van der Waals surface area contributed by atoms with Gasteiger partial charge in [0, 0.05) is 69.6 Å². The first kappa shape index (κ1) is 31.7. The predicted octanol–water partition coefficient (Wildman–Crippen LogP) is 2.82. The summed E-state index contributed by atoms with van der Waals surface area (Å²) in [5.74, 6) is -0.606. The molecule has 4 rings (SSSR count). The van der Waals surface area contributed by atoms with Crippen LogP contribution in [0.15, 0.2) is 42.3 Å². The zero-order chi connectivity index (χ0) is 29.9. The maximum Gasteiger partial charge on any atom is 0.286 e. The smallest absolute Gasteiger partial charge is 0.286 e. The van der Waals surface area contributed by atoms with Gasteiger partial charge in [-0.05, 0) is 43.9 Å². The third kappa shape index (κ3) is 7.97. The number of para-hydroxylation sites is 1. The number of hydrogen-bond acceptors (Lipinski definition) is 8. The molecule has 11 heteroatoms. The molecule has 1 aromatic carbocycles. The maximum atomic E-state index is 13.3. The Balaban J connectivity index is 1.55. The lowest BCUT2D eigenvalue weighted by Gasteiger charge is -2.36. The van der Waals surface area contributed by atoms with Crippen LogP contribution in [0.2, 0.25) is 0 Å². The van der Waals surface area contributed by atoms with Gasteiger partial charge in [0.1, 0.15) is 0 Å². The summed E-state index contributed by atoms with van der Waals surface area (Å²) in [7, 11) is 0. The zero-order valence-corrected chi connectivity index (χ0v) is 24.6. The van der Waals surface area contributed by atoms with Crippen molar-refractivity contribution in [2.45, 2.75) is 51.7 Å². The molecule has 0 unspecified atom stereocenters. The van der Waals surface area contributed by atoms with E-state index < -0.39 is 6.29 Å². The number of aliphatic hydroxyl groups excluding tert-OH is 1. The predicted molar refractivity (Wildman–Crippen MR) is 156 cm³/mol. The van der Waals surface area contributed by atoms with Crippen LogP contribution in [0.4, 0.5) is 0 Å². The number of ether oxygens (including phenoxy) is 4. The van der Waals surface area contributed by atoms with E-state index in [1.54, 1.807) is 4.57 Å². The van der Waals surface area contributed by atoms with Crippen molar-refractivity contribution >= 4 is 28.6 Å². The monoisotopic (exact) mass is 585 g/mol. The largest absolute Gasteiger partial charge is 0.459 e. The molecule has 2 aromatic rings. The first-order valence-electron chi connectivity index (χ1n) is 14.9. The van der Waals surface area contributed by atoms with E-state index in [1.165, 1.54) is 6.92 Å². The van der Waals surface area contributed by atoms with Gasteiger partial charge < -0.3 is 34.3 Å². The van der Waals surface area contributed by atoms with Crippen LogP contribution >= 0.6 is 0 Å². The summed E-state index contributed by atoms with van der Waals surface area (Å²) >= 11 is 0. The number of aliphatic hydroxyl groups is 1. The van der Waals surface area contributed by atoms with E-state index in [0.29, 0.717) is 58.8 Å². The molecule has 1 aromatic heterocycles. The number of fused-ring (bicyclic) bond motifs is 1. The van der Waals surface area contributed by atoms with Crippen LogP contribution < -0.4 is 5.32 Å². The third-order valence-electron chi connectivity index (χ3n) is 7.65. The lowest BCUT2D eigenvalue weighted by molar-refractivity contribution is -0.168. The fourth-order valence-electron chi connectivity index (χ4n) is 5.63. The van der Waals surface area contributed by atoms with Crippen molar-refractivity contribution in [2.24, 2.45) is 5.92 Å². The number of amides is 2. The summed E-state index contributed by atoms with van der Waals surface area (Å²) in [4.78, 5) is 39.5. The Labute approximate surface area is 246 Å². The van der Waals surface area contributed by atoms with Crippen molar-refractivity contribution < 1.29 is 38.4 Å². The van der Waals surface area contributed by atoms with Crippen LogP contribution in [0.1, 0.15) is 55.8 Å². The number of carbonyl (C=O) groups excluding carboxylic acids is 3. The summed E-state index contributed by atoms with van der Waals surface area (Å²) in [5.41, 5.74) is 1.70. The molecule has 2 amide bonds. The van der Waals surface area contributed by atoms with Crippen molar-refractivity contribution in [1.29, 1.82) is 0 Å². The molecular formula is C31H43N3O8. The molecule has 0 bridgehead atoms. The van der Waals surface area contributed by atoms with Crippen molar-refractivity contribution in [2.75, 3.05) is 59.3 Å². The second kappa shape index (κ2) is 15.8. The Morgan fingerprint density at radius 2 is 1.93 bits per heavy atom. The summed E-state index contributed by atoms with van der Waals surface area (Å²) in [6, 6.07) is 7.72. The van der Waals surface area contributed by atoms with Gasteiger partial charge in [0.2, 0.25) is 18.1 Å². The summed E-state index contributed by atoms with van der Waals surface area (Å²) in [6.45, 7) is 6.98. The molecule has 1 fully saturated rings. The lowest BCUT2D eigenvalue weighted by Crippen LogP contribution is -2.40. The van der Waals surface area contributed by atoms with Gasteiger partial charge in [0.05, 0.1) is 31.9 Å². The summed E-state index contributed by atoms with van der Waals surface area (Å²) in [5, 5.41) is 12.7. The highest BCUT2D eigenvalue weighted by molar-refractivity contribution is 5.95. The molecule has 0 aliphatic carbocycles. The van der Waals surface area contributed by atoms with Crippen LogP contribution in [-0.4, -0.2) is 97.9 Å². The molecule has 3 atom stereocenters. The van der Waals surface area contributed by atoms with Crippen molar-refractivity contribution in [3.8, 4) is 0 Å². The molecule has 0 spiro atoms. The number of allylic oxidation sites excluding steroid dienone is 1. The number of likely N-dealkylation sites (tertiary alicyclic amines) is 1. The van der Waals surface area contributed by atoms with Gasteiger partial charge in [-0.1, -0.05) is 18.2 Å². The summed E-state index contributed by atoms with van der Waals surface area (Å²) < 4.78 is 24.9. The number of nitrogens with zero attached hydrogens (tertiary/aromatic N) is 2. The number of aromatic nitrogens is 1. The average Bonchev–Trinajstić information content (AvgIpc) is 3.58. The molecule has 3 heterocycles. The molecule has 11 nitrogen and oxygen atoms in total. The molecule has 42 heavy (non-hydrogen) atoms. The Bertz CT molecular complexity index is 1240. The number of nitrogens with one attached hydrogen (secondary N) is 1. The SMILES string of the molecule is CCO[C@@H]1OC(C(=O)NCCCN2CCCC2=O)=C[C@H](c2cn(C(C)=O)c3ccccc23)[C@H]1CCOCCOCCO. The molecule has 0 saturated carbocycles. The number of rotatable bonds is 16. The van der Waals surface area contributed by atoms with E-state index in [0.717, 1.165) is 29.4 Å². The minimum absolute atomic E-state index is 0.0363. The Hall–Kier alpha value is -3.25. The van der Waals surface area contributed by atoms with Gasteiger partial charge in [-0.3, -0.25) is 19.0 Å². The van der Waals surface area contributed by atoms with Crippen LogP contribution in [0.25, 0.3) is 10.9 Å². The molecule has 0 radical (unpaired) electrons. The van der Waals surface area contributed by atoms with E-state index in [1.807, 2.05) is 48.4 Å². The Morgan fingerprint density at radius 1 is 1.14 bits per heavy atom. The van der Waals surface area contributed by atoms with E-state index >= 15 is 0 Å². The van der Waals surface area contributed by atoms with Crippen LogP contribution in [0.5, 0.6) is 0 Å². The van der Waals surface area contributed by atoms with Crippen molar-refractivity contribution in [3.05, 3.63) is 47.9 Å². The maximum absolute atomic E-state index is 13.3. The van der Waals surface area contributed by atoms with Crippen LogP contribution in [-0.2, 0) is 28.5 Å². The minimum Gasteiger partial charge on any atom is -0.459 e. The Kier molecular flexibility index (Phi) is 11.9. The highest BCUT2D eigenvalue weighted by Gasteiger charge is 2.39. The van der Waals surface area contributed by atoms with E-state index in [2.05, 4.69) is 5.32 Å². The fourth-order valence-corrected chi connectivity index (χ4v) is 5.63. The van der Waals surface area contributed by atoms with E-state index in [-0.39, 0.29) is 48.5 Å². The van der Waals surface area contributed by atoms with Gasteiger partial charge in [0.15, 0.2) is 5.76 Å². The fraction of sp³-hybridized carbons (Fsp3) is 0.581. The minimum atomic E-state index is -0.707. The van der Waals surface area contributed by atoms with Crippen LogP contribution in [0, 0.1) is 5.92 Å². The summed E-state index contributed by atoms with van der Waals surface area (Å²) in [6.07, 6.45) is 5.67. The van der Waals surface area contributed by atoms with Gasteiger partial charge in [0.25, 0.3) is 5.91 Å². The van der Waals surface area contributed by atoms with Crippen molar-refractivity contribution in [1.82, 2.24) is 14.8 Å². The second-order valence-corrected chi connectivity index (χ2v) is 10.5. The molecular weight excluding hydrogens is 542 g/mol. The third-order valence-corrected chi connectivity index (χ3v) is 7.65. The van der Waals surface area contributed by atoms with Gasteiger partial charge in [-0.15, -0.1) is 0 Å². The highest BCUT2D eigenvalue weighted by atomic mass is 16.7. The standard InChI is InChI=1S/C31H43N3O8/c1-3-41-31-24(11-16-39-18-19-40-17-15-35)25(26-21-34(22(2)36)27-9-5-4-8-23(26)27)20-28(42-31)30(38)32-12-7-14-33-13-6-10-29(33)37/h4-5,8-9,20-21,24-25,31,35H,3,6-7,10-19H2,1-2H3,(H,32,38)/t24-,25+,31-/m1/s1. The van der Waals surface area contributed by atoms with E-state index in [4.69, 9.17) is 24.1 Å². The average molecular weight is 586 g/mol. The molecule has 2 N–H and O–H groups in total. The lowest BCUT2D eigenvalue weighted by atomic mass is 9.81. The molecule has 1 saturated heterocycles.